The molecule has 1 atom stereocenters. The zero-order valence-electron chi connectivity index (χ0n) is 20.6. The van der Waals surface area contributed by atoms with E-state index in [1.165, 1.54) is 17.9 Å². The smallest absolute Gasteiger partial charge is 0.319 e. The van der Waals surface area contributed by atoms with Crippen LogP contribution in [0.2, 0.25) is 5.02 Å². The van der Waals surface area contributed by atoms with Gasteiger partial charge in [0.25, 0.3) is 5.56 Å². The predicted molar refractivity (Wildman–Crippen MR) is 139 cm³/mol. The van der Waals surface area contributed by atoms with Crippen molar-refractivity contribution in [1.29, 1.82) is 0 Å². The van der Waals surface area contributed by atoms with Crippen molar-refractivity contribution in [1.82, 2.24) is 9.88 Å². The Morgan fingerprint density at radius 2 is 1.92 bits per heavy atom. The summed E-state index contributed by atoms with van der Waals surface area (Å²) in [6, 6.07) is 9.96. The zero-order chi connectivity index (χ0) is 27.1. The summed E-state index contributed by atoms with van der Waals surface area (Å²) in [4.78, 5) is 37.6. The average molecular weight is 530 g/mol. The molecule has 0 aliphatic heterocycles. The topological polar surface area (TPSA) is 139 Å². The quantitative estimate of drug-likeness (QED) is 0.307. The molecule has 0 aliphatic carbocycles. The van der Waals surface area contributed by atoms with Crippen LogP contribution < -0.4 is 25.7 Å². The van der Waals surface area contributed by atoms with Crippen LogP contribution in [-0.4, -0.2) is 40.5 Å². The van der Waals surface area contributed by atoms with Crippen LogP contribution in [0.1, 0.15) is 36.1 Å². The first-order chi connectivity index (χ1) is 17.6. The molecule has 11 heteroatoms. The number of carbonyl (C=O) groups is 2. The summed E-state index contributed by atoms with van der Waals surface area (Å²) >= 11 is 6.31. The van der Waals surface area contributed by atoms with Crippen LogP contribution in [-0.2, 0) is 11.3 Å². The minimum Gasteiger partial charge on any atom is -0.505 e. The highest BCUT2D eigenvalue weighted by Crippen LogP contribution is 2.29. The van der Waals surface area contributed by atoms with Gasteiger partial charge in [0.05, 0.1) is 32.7 Å². The molecule has 0 radical (unpaired) electrons. The van der Waals surface area contributed by atoms with E-state index in [9.17, 15) is 24.6 Å². The van der Waals surface area contributed by atoms with Crippen molar-refractivity contribution >= 4 is 29.3 Å². The van der Waals surface area contributed by atoms with Gasteiger partial charge >= 0.3 is 12.0 Å². The maximum absolute atomic E-state index is 13.2. The Balaban J connectivity index is 1.90. The lowest BCUT2D eigenvalue weighted by Gasteiger charge is -2.20. The molecule has 3 rings (SSSR count). The van der Waals surface area contributed by atoms with Gasteiger partial charge in [-0.05, 0) is 43.7 Å². The zero-order valence-corrected chi connectivity index (χ0v) is 21.3. The third-order valence-corrected chi connectivity index (χ3v) is 5.91. The molecule has 0 spiro atoms. The highest BCUT2D eigenvalue weighted by Gasteiger charge is 2.22. The number of benzene rings is 2. The Hall–Kier alpha value is -4.18. The van der Waals surface area contributed by atoms with E-state index in [2.05, 4.69) is 10.6 Å². The largest absolute Gasteiger partial charge is 0.505 e. The second kappa shape index (κ2) is 12.2. The number of hydrogen-bond acceptors (Lipinski definition) is 6. The van der Waals surface area contributed by atoms with Gasteiger partial charge in [-0.25, -0.2) is 4.79 Å². The van der Waals surface area contributed by atoms with Crippen LogP contribution in [0.3, 0.4) is 0 Å². The second-order valence-corrected chi connectivity index (χ2v) is 8.55. The molecule has 3 aromatic rings. The van der Waals surface area contributed by atoms with Crippen molar-refractivity contribution < 1.29 is 29.3 Å². The predicted octanol–water partition coefficient (Wildman–Crippen LogP) is 4.31. The number of rotatable bonds is 10. The Morgan fingerprint density at radius 1 is 1.19 bits per heavy atom. The monoisotopic (exact) mass is 529 g/mol. The Morgan fingerprint density at radius 3 is 2.59 bits per heavy atom. The van der Waals surface area contributed by atoms with Crippen molar-refractivity contribution in [3.63, 3.8) is 0 Å². The fourth-order valence-electron chi connectivity index (χ4n) is 3.80. The normalized spacial score (nSPS) is 11.5. The Bertz CT molecular complexity index is 1360. The number of amides is 2. The Labute approximate surface area is 218 Å². The highest BCUT2D eigenvalue weighted by atomic mass is 35.5. The van der Waals surface area contributed by atoms with Gasteiger partial charge in [0, 0.05) is 22.3 Å². The van der Waals surface area contributed by atoms with Crippen LogP contribution in [0.25, 0.3) is 0 Å². The number of carbonyl (C=O) groups excluding carboxylic acids is 1. The third-order valence-electron chi connectivity index (χ3n) is 5.55. The van der Waals surface area contributed by atoms with E-state index < -0.39 is 35.8 Å². The van der Waals surface area contributed by atoms with E-state index in [0.717, 1.165) is 0 Å². The van der Waals surface area contributed by atoms with E-state index in [1.807, 2.05) is 6.92 Å². The molecule has 196 valence electrons. The number of halogens is 1. The van der Waals surface area contributed by atoms with Crippen LogP contribution in [0.4, 0.5) is 10.5 Å². The first-order valence-corrected chi connectivity index (χ1v) is 11.8. The average Bonchev–Trinajstić information content (AvgIpc) is 2.86. The molecule has 1 heterocycles. The number of carboxylic acid groups (broad SMARTS) is 1. The van der Waals surface area contributed by atoms with E-state index >= 15 is 0 Å². The van der Waals surface area contributed by atoms with Gasteiger partial charge in [-0.1, -0.05) is 29.8 Å². The van der Waals surface area contributed by atoms with Crippen LogP contribution in [0.5, 0.6) is 17.2 Å². The van der Waals surface area contributed by atoms with E-state index in [0.29, 0.717) is 39.8 Å². The summed E-state index contributed by atoms with van der Waals surface area (Å²) in [6.07, 6.45) is 1.02. The van der Waals surface area contributed by atoms with E-state index in [4.69, 9.17) is 21.1 Å². The van der Waals surface area contributed by atoms with E-state index in [1.54, 1.807) is 49.4 Å². The van der Waals surface area contributed by atoms with Gasteiger partial charge in [0.1, 0.15) is 17.2 Å². The lowest BCUT2D eigenvalue weighted by molar-refractivity contribution is -0.137. The number of methoxy groups -OCH3 is 1. The molecule has 0 aliphatic rings. The fourth-order valence-corrected chi connectivity index (χ4v) is 4.03. The minimum absolute atomic E-state index is 0.0188. The van der Waals surface area contributed by atoms with Gasteiger partial charge in [-0.2, -0.15) is 0 Å². The number of aromatic hydroxyl groups is 1. The van der Waals surface area contributed by atoms with Gasteiger partial charge in [0.15, 0.2) is 5.69 Å². The standard InChI is InChI=1S/C26H28ClN3O7/c1-4-37-17-8-5-7-16(11-17)20(12-22(31)32)28-26(35)29-23-24(33)15(2)13-30(25(23)34)14-18-19(27)9-6-10-21(18)36-3/h5-11,13,20,33H,4,12,14H2,1-3H3,(H,31,32)(H2,28,29,35)/t20-/m0/s1. The van der Waals surface area contributed by atoms with Crippen LogP contribution in [0, 0.1) is 6.92 Å². The Kier molecular flexibility index (Phi) is 9.02. The second-order valence-electron chi connectivity index (χ2n) is 8.14. The van der Waals surface area contributed by atoms with Crippen molar-refractivity contribution in [2.24, 2.45) is 0 Å². The number of nitrogens with zero attached hydrogens (tertiary/aromatic N) is 1. The number of aliphatic carboxylic acids is 1. The number of anilines is 1. The maximum atomic E-state index is 13.2. The van der Waals surface area contributed by atoms with Crippen molar-refractivity contribution in [2.45, 2.75) is 32.9 Å². The number of urea groups is 1. The molecule has 0 fully saturated rings. The first-order valence-electron chi connectivity index (χ1n) is 11.4. The molecular weight excluding hydrogens is 502 g/mol. The number of aromatic nitrogens is 1. The minimum atomic E-state index is -1.14. The number of pyridine rings is 1. The van der Waals surface area contributed by atoms with Gasteiger partial charge in [-0.15, -0.1) is 0 Å². The SMILES string of the molecule is CCOc1cccc([C@H](CC(=O)O)NC(=O)Nc2c(O)c(C)cn(Cc3c(Cl)cccc3OC)c2=O)c1. The lowest BCUT2D eigenvalue weighted by atomic mass is 10.0. The number of hydrogen-bond donors (Lipinski definition) is 4. The molecule has 2 amide bonds. The molecule has 1 aromatic heterocycles. The summed E-state index contributed by atoms with van der Waals surface area (Å²) < 4.78 is 12.1. The molecule has 4 N–H and O–H groups in total. The number of ether oxygens (including phenoxy) is 2. The summed E-state index contributed by atoms with van der Waals surface area (Å²) in [5, 5.41) is 25.2. The van der Waals surface area contributed by atoms with Gasteiger partial charge in [0.2, 0.25) is 0 Å². The molecule has 37 heavy (non-hydrogen) atoms. The summed E-state index contributed by atoms with van der Waals surface area (Å²) in [6.45, 7) is 3.82. The van der Waals surface area contributed by atoms with Crippen molar-refractivity contribution in [3.05, 3.63) is 80.7 Å². The molecule has 0 bridgehead atoms. The molecule has 0 saturated heterocycles. The molecule has 0 saturated carbocycles. The number of aryl methyl sites for hydroxylation is 1. The molecule has 0 unspecified atom stereocenters. The van der Waals surface area contributed by atoms with Crippen molar-refractivity contribution in [3.8, 4) is 17.2 Å². The number of nitrogens with one attached hydrogen (secondary N) is 2. The molecule has 10 nitrogen and oxygen atoms in total. The summed E-state index contributed by atoms with van der Waals surface area (Å²) in [5.41, 5.74) is 0.326. The van der Waals surface area contributed by atoms with Gasteiger partial charge in [-0.3, -0.25) is 9.59 Å². The molecular formula is C26H28ClN3O7. The molecule has 2 aromatic carbocycles. The summed E-state index contributed by atoms with van der Waals surface area (Å²) in [7, 11) is 1.48. The lowest BCUT2D eigenvalue weighted by Crippen LogP contribution is -2.36. The third kappa shape index (κ3) is 6.73. The van der Waals surface area contributed by atoms with Crippen molar-refractivity contribution in [2.75, 3.05) is 19.0 Å². The van der Waals surface area contributed by atoms with Crippen LogP contribution in [0.15, 0.2) is 53.5 Å². The fraction of sp³-hybridized carbons (Fsp3) is 0.269. The van der Waals surface area contributed by atoms with E-state index in [-0.39, 0.29) is 12.2 Å². The highest BCUT2D eigenvalue weighted by molar-refractivity contribution is 6.31. The first kappa shape index (κ1) is 27.4. The summed E-state index contributed by atoms with van der Waals surface area (Å²) in [5.74, 6) is -0.549. The maximum Gasteiger partial charge on any atom is 0.319 e. The van der Waals surface area contributed by atoms with Gasteiger partial charge < -0.3 is 34.9 Å². The van der Waals surface area contributed by atoms with Crippen LogP contribution >= 0.6 is 11.6 Å². The number of carboxylic acids is 1.